The van der Waals surface area contributed by atoms with Crippen molar-refractivity contribution in [2.24, 2.45) is 7.05 Å². The van der Waals surface area contributed by atoms with E-state index >= 15 is 0 Å². The van der Waals surface area contributed by atoms with Crippen molar-refractivity contribution in [3.63, 3.8) is 0 Å². The molecule has 8 heteroatoms. The van der Waals surface area contributed by atoms with Crippen LogP contribution in [0.5, 0.6) is 11.5 Å². The predicted molar refractivity (Wildman–Crippen MR) is 100 cm³/mol. The third-order valence-corrected chi connectivity index (χ3v) is 4.53. The van der Waals surface area contributed by atoms with Gasteiger partial charge in [-0.2, -0.15) is 0 Å². The Morgan fingerprint density at radius 1 is 1.15 bits per heavy atom. The monoisotopic (exact) mass is 371 g/mol. The molecule has 0 saturated carbocycles. The van der Waals surface area contributed by atoms with Gasteiger partial charge in [0.25, 0.3) is 11.5 Å². The molecule has 0 atom stereocenters. The quantitative estimate of drug-likeness (QED) is 0.746. The van der Waals surface area contributed by atoms with Gasteiger partial charge in [0.15, 0.2) is 16.6 Å². The van der Waals surface area contributed by atoms with E-state index in [0.29, 0.717) is 22.3 Å². The Labute approximate surface area is 153 Å². The molecule has 1 amide bonds. The first-order valence-electron chi connectivity index (χ1n) is 7.68. The molecular weight excluding hydrogens is 354 g/mol. The SMILES string of the molecule is COc1ccc(-c2csc(NC(=O)c3ccn(C)c(=O)c3)n2)cc1OC. The van der Waals surface area contributed by atoms with Crippen molar-refractivity contribution in [1.29, 1.82) is 0 Å². The Hall–Kier alpha value is -3.13. The van der Waals surface area contributed by atoms with Crippen LogP contribution in [0.3, 0.4) is 0 Å². The number of aryl methyl sites for hydroxylation is 1. The summed E-state index contributed by atoms with van der Waals surface area (Å²) in [5.41, 5.74) is 1.59. The van der Waals surface area contributed by atoms with E-state index in [0.717, 1.165) is 5.56 Å². The molecule has 0 radical (unpaired) electrons. The minimum Gasteiger partial charge on any atom is -0.493 e. The van der Waals surface area contributed by atoms with Crippen molar-refractivity contribution in [2.45, 2.75) is 0 Å². The van der Waals surface area contributed by atoms with Gasteiger partial charge in [0.2, 0.25) is 0 Å². The van der Waals surface area contributed by atoms with Gasteiger partial charge in [0.1, 0.15) is 0 Å². The van der Waals surface area contributed by atoms with Gasteiger partial charge in [-0.15, -0.1) is 11.3 Å². The summed E-state index contributed by atoms with van der Waals surface area (Å²) in [6, 6.07) is 8.35. The molecule has 0 aliphatic carbocycles. The van der Waals surface area contributed by atoms with Crippen LogP contribution in [-0.4, -0.2) is 29.7 Å². The number of methoxy groups -OCH3 is 2. The standard InChI is InChI=1S/C18H17N3O4S/c1-21-7-6-12(9-16(21)22)17(23)20-18-19-13(10-26-18)11-4-5-14(24-2)15(8-11)25-3/h4-10H,1-3H3,(H,19,20,23). The number of amides is 1. The molecule has 0 aliphatic heterocycles. The van der Waals surface area contributed by atoms with Gasteiger partial charge in [-0.3, -0.25) is 14.9 Å². The fraction of sp³-hybridized carbons (Fsp3) is 0.167. The summed E-state index contributed by atoms with van der Waals surface area (Å²) in [6.07, 6.45) is 1.55. The molecule has 0 aliphatic rings. The third kappa shape index (κ3) is 3.60. The molecule has 3 aromatic rings. The lowest BCUT2D eigenvalue weighted by Crippen LogP contribution is -2.19. The number of carbonyl (C=O) groups excluding carboxylic acids is 1. The van der Waals surface area contributed by atoms with Crippen LogP contribution in [0.4, 0.5) is 5.13 Å². The van der Waals surface area contributed by atoms with E-state index in [1.54, 1.807) is 39.6 Å². The van der Waals surface area contributed by atoms with E-state index in [1.165, 1.54) is 22.0 Å². The van der Waals surface area contributed by atoms with Crippen LogP contribution in [0.25, 0.3) is 11.3 Å². The van der Waals surface area contributed by atoms with E-state index in [2.05, 4.69) is 10.3 Å². The van der Waals surface area contributed by atoms with Crippen molar-refractivity contribution in [3.05, 3.63) is 57.8 Å². The zero-order valence-electron chi connectivity index (χ0n) is 14.5. The van der Waals surface area contributed by atoms with Crippen molar-refractivity contribution in [2.75, 3.05) is 19.5 Å². The molecule has 134 valence electrons. The highest BCUT2D eigenvalue weighted by molar-refractivity contribution is 7.14. The lowest BCUT2D eigenvalue weighted by atomic mass is 10.1. The number of rotatable bonds is 5. The number of pyridine rings is 1. The first kappa shape index (κ1) is 17.7. The number of hydrogen-bond donors (Lipinski definition) is 1. The number of benzene rings is 1. The smallest absolute Gasteiger partial charge is 0.257 e. The number of nitrogens with zero attached hydrogens (tertiary/aromatic N) is 2. The second-order valence-corrected chi connectivity index (χ2v) is 6.28. The average molecular weight is 371 g/mol. The van der Waals surface area contributed by atoms with Crippen molar-refractivity contribution < 1.29 is 14.3 Å². The molecule has 26 heavy (non-hydrogen) atoms. The zero-order valence-corrected chi connectivity index (χ0v) is 15.3. The zero-order chi connectivity index (χ0) is 18.7. The topological polar surface area (TPSA) is 82.5 Å². The first-order chi connectivity index (χ1) is 12.5. The molecule has 0 saturated heterocycles. The highest BCUT2D eigenvalue weighted by atomic mass is 32.1. The van der Waals surface area contributed by atoms with Crippen LogP contribution < -0.4 is 20.3 Å². The van der Waals surface area contributed by atoms with Crippen molar-refractivity contribution in [1.82, 2.24) is 9.55 Å². The Morgan fingerprint density at radius 2 is 1.92 bits per heavy atom. The van der Waals surface area contributed by atoms with E-state index in [4.69, 9.17) is 9.47 Å². The number of anilines is 1. The van der Waals surface area contributed by atoms with Gasteiger partial charge < -0.3 is 14.0 Å². The van der Waals surface area contributed by atoms with Gasteiger partial charge in [0.05, 0.1) is 19.9 Å². The van der Waals surface area contributed by atoms with Gasteiger partial charge in [-0.1, -0.05) is 0 Å². The number of aromatic nitrogens is 2. The Kier molecular flexibility index (Phi) is 5.04. The van der Waals surface area contributed by atoms with E-state index in [1.807, 2.05) is 17.5 Å². The van der Waals surface area contributed by atoms with Crippen molar-refractivity contribution in [3.8, 4) is 22.8 Å². The molecule has 1 aromatic carbocycles. The molecular formula is C18H17N3O4S. The van der Waals surface area contributed by atoms with Crippen LogP contribution in [0, 0.1) is 0 Å². The highest BCUT2D eigenvalue weighted by Crippen LogP contribution is 2.33. The van der Waals surface area contributed by atoms with Gasteiger partial charge in [0, 0.05) is 35.8 Å². The molecule has 7 nitrogen and oxygen atoms in total. The summed E-state index contributed by atoms with van der Waals surface area (Å²) < 4.78 is 11.9. The molecule has 3 rings (SSSR count). The number of carbonyl (C=O) groups is 1. The number of thiazole rings is 1. The summed E-state index contributed by atoms with van der Waals surface area (Å²) in [7, 11) is 4.77. The third-order valence-electron chi connectivity index (χ3n) is 3.77. The second kappa shape index (κ2) is 7.40. The summed E-state index contributed by atoms with van der Waals surface area (Å²) in [5.74, 6) is 0.852. The molecule has 0 unspecified atom stereocenters. The normalized spacial score (nSPS) is 10.4. The lowest BCUT2D eigenvalue weighted by molar-refractivity contribution is 0.102. The van der Waals surface area contributed by atoms with Crippen LogP contribution >= 0.6 is 11.3 Å². The largest absolute Gasteiger partial charge is 0.493 e. The Balaban J connectivity index is 1.80. The minimum absolute atomic E-state index is 0.247. The summed E-state index contributed by atoms with van der Waals surface area (Å²) in [5, 5.41) is 4.99. The van der Waals surface area contributed by atoms with E-state index < -0.39 is 0 Å². The summed E-state index contributed by atoms with van der Waals surface area (Å²) in [4.78, 5) is 28.3. The average Bonchev–Trinajstić information content (AvgIpc) is 3.11. The van der Waals surface area contributed by atoms with Crippen LogP contribution in [0.15, 0.2) is 46.7 Å². The maximum atomic E-state index is 12.3. The summed E-state index contributed by atoms with van der Waals surface area (Å²) >= 11 is 1.30. The van der Waals surface area contributed by atoms with Crippen molar-refractivity contribution >= 4 is 22.4 Å². The van der Waals surface area contributed by atoms with Crippen LogP contribution in [0.2, 0.25) is 0 Å². The fourth-order valence-corrected chi connectivity index (χ4v) is 3.03. The van der Waals surface area contributed by atoms with Gasteiger partial charge in [-0.25, -0.2) is 4.98 Å². The van der Waals surface area contributed by atoms with Gasteiger partial charge in [-0.05, 0) is 24.3 Å². The maximum absolute atomic E-state index is 12.3. The van der Waals surface area contributed by atoms with E-state index in [-0.39, 0.29) is 17.0 Å². The fourth-order valence-electron chi connectivity index (χ4n) is 2.32. The molecule has 1 N–H and O–H groups in total. The summed E-state index contributed by atoms with van der Waals surface area (Å²) in [6.45, 7) is 0. The molecule has 0 fully saturated rings. The molecule has 0 bridgehead atoms. The number of hydrogen-bond acceptors (Lipinski definition) is 6. The predicted octanol–water partition coefficient (Wildman–Crippen LogP) is 2.78. The highest BCUT2D eigenvalue weighted by Gasteiger charge is 2.12. The van der Waals surface area contributed by atoms with Gasteiger partial charge >= 0.3 is 0 Å². The maximum Gasteiger partial charge on any atom is 0.257 e. The second-order valence-electron chi connectivity index (χ2n) is 5.43. The van der Waals surface area contributed by atoms with Crippen LogP contribution in [-0.2, 0) is 7.05 Å². The molecule has 2 aromatic heterocycles. The minimum atomic E-state index is -0.379. The van der Waals surface area contributed by atoms with E-state index in [9.17, 15) is 9.59 Å². The first-order valence-corrected chi connectivity index (χ1v) is 8.55. The Morgan fingerprint density at radius 3 is 2.62 bits per heavy atom. The lowest BCUT2D eigenvalue weighted by Gasteiger charge is -2.08. The van der Waals surface area contributed by atoms with Crippen LogP contribution in [0.1, 0.15) is 10.4 Å². The number of ether oxygens (including phenoxy) is 2. The Bertz CT molecular complexity index is 1010. The number of nitrogens with one attached hydrogen (secondary N) is 1. The molecule has 0 spiro atoms. The molecule has 2 heterocycles.